The van der Waals surface area contributed by atoms with Gasteiger partial charge in [0.15, 0.2) is 4.96 Å². The van der Waals surface area contributed by atoms with E-state index in [1.165, 1.54) is 11.3 Å². The van der Waals surface area contributed by atoms with Gasteiger partial charge in [-0.3, -0.25) is 9.59 Å². The van der Waals surface area contributed by atoms with Gasteiger partial charge in [-0.05, 0) is 36.4 Å². The number of fused-ring (bicyclic) bond motifs is 4. The summed E-state index contributed by atoms with van der Waals surface area (Å²) in [5.41, 5.74) is 4.13. The molecule has 6 aromatic rings. The van der Waals surface area contributed by atoms with Gasteiger partial charge in [0.2, 0.25) is 5.91 Å². The number of nitrogens with zero attached hydrogens (tertiary/aromatic N) is 3. The van der Waals surface area contributed by atoms with Gasteiger partial charge in [0.25, 0.3) is 5.56 Å². The molecule has 0 aliphatic heterocycles. The number of amides is 1. The van der Waals surface area contributed by atoms with E-state index in [-0.39, 0.29) is 18.0 Å². The lowest BCUT2D eigenvalue weighted by molar-refractivity contribution is -0.116. The Morgan fingerprint density at radius 2 is 1.67 bits per heavy atom. The number of carbonyl (C=O) groups excluding carboxylic acids is 1. The summed E-state index contributed by atoms with van der Waals surface area (Å²) in [6, 6.07) is 24.9. The zero-order valence-corrected chi connectivity index (χ0v) is 18.3. The zero-order chi connectivity index (χ0) is 22.4. The molecule has 160 valence electrons. The molecule has 33 heavy (non-hydrogen) atoms. The van der Waals surface area contributed by atoms with E-state index < -0.39 is 0 Å². The Morgan fingerprint density at radius 3 is 2.52 bits per heavy atom. The molecule has 1 N–H and O–H groups in total. The number of carbonyl (C=O) groups is 1. The Labute approximate surface area is 192 Å². The minimum atomic E-state index is -0.112. The summed E-state index contributed by atoms with van der Waals surface area (Å²) in [4.78, 5) is 31.1. The maximum Gasteiger partial charge on any atom is 0.274 e. The molecule has 0 aliphatic rings. The summed E-state index contributed by atoms with van der Waals surface area (Å²) in [5.74, 6) is -0.112. The first-order chi connectivity index (χ1) is 16.2. The van der Waals surface area contributed by atoms with Gasteiger partial charge in [0.1, 0.15) is 6.54 Å². The molecule has 0 saturated heterocycles. The molecular formula is C26H18N4O2S. The summed E-state index contributed by atoms with van der Waals surface area (Å²) in [5, 5.41) is 3.91. The number of hydrogen-bond donors (Lipinski definition) is 1. The largest absolute Gasteiger partial charge is 0.337 e. The van der Waals surface area contributed by atoms with Gasteiger partial charge >= 0.3 is 0 Å². The fraction of sp³-hybridized carbons (Fsp3) is 0.0385. The van der Waals surface area contributed by atoms with Crippen LogP contribution in [0.4, 0.5) is 5.69 Å². The Bertz CT molecular complexity index is 1760. The van der Waals surface area contributed by atoms with Gasteiger partial charge in [-0.1, -0.05) is 59.9 Å². The van der Waals surface area contributed by atoms with Gasteiger partial charge in [0.05, 0.1) is 15.6 Å². The maximum atomic E-state index is 13.2. The normalized spacial score (nSPS) is 12.2. The highest BCUT2D eigenvalue weighted by molar-refractivity contribution is 7.15. The summed E-state index contributed by atoms with van der Waals surface area (Å²) in [7, 11) is 0. The summed E-state index contributed by atoms with van der Waals surface area (Å²) in [6.45, 7) is 0.172. The van der Waals surface area contributed by atoms with E-state index >= 15 is 0 Å². The highest BCUT2D eigenvalue weighted by Gasteiger charge is 2.13. The van der Waals surface area contributed by atoms with Crippen molar-refractivity contribution in [1.82, 2.24) is 14.0 Å². The fourth-order valence-electron chi connectivity index (χ4n) is 4.15. The smallest absolute Gasteiger partial charge is 0.274 e. The summed E-state index contributed by atoms with van der Waals surface area (Å²) in [6.07, 6.45) is 3.82. The predicted octanol–water partition coefficient (Wildman–Crippen LogP) is 4.05. The maximum absolute atomic E-state index is 13.2. The van der Waals surface area contributed by atoms with Crippen molar-refractivity contribution >= 4 is 55.9 Å². The van der Waals surface area contributed by atoms with E-state index in [0.29, 0.717) is 9.49 Å². The van der Waals surface area contributed by atoms with Crippen molar-refractivity contribution < 1.29 is 4.79 Å². The van der Waals surface area contributed by atoms with Crippen LogP contribution in [-0.4, -0.2) is 19.9 Å². The van der Waals surface area contributed by atoms with Gasteiger partial charge in [-0.2, -0.15) is 0 Å². The Kier molecular flexibility index (Phi) is 4.55. The Morgan fingerprint density at radius 1 is 0.939 bits per heavy atom. The van der Waals surface area contributed by atoms with Crippen molar-refractivity contribution in [1.29, 1.82) is 0 Å². The third-order valence-electron chi connectivity index (χ3n) is 5.62. The number of para-hydroxylation sites is 4. The second kappa shape index (κ2) is 7.72. The van der Waals surface area contributed by atoms with Crippen LogP contribution in [0.3, 0.4) is 0 Å². The number of hydrogen-bond acceptors (Lipinski definition) is 4. The number of benzene rings is 3. The lowest BCUT2D eigenvalue weighted by Crippen LogP contribution is -2.22. The van der Waals surface area contributed by atoms with Crippen LogP contribution in [0.25, 0.3) is 33.0 Å². The lowest BCUT2D eigenvalue weighted by Gasteiger charge is -2.07. The summed E-state index contributed by atoms with van der Waals surface area (Å²) < 4.78 is 4.19. The molecule has 3 aromatic carbocycles. The van der Waals surface area contributed by atoms with Crippen molar-refractivity contribution in [3.8, 4) is 0 Å². The van der Waals surface area contributed by atoms with Crippen molar-refractivity contribution in [2.45, 2.75) is 6.54 Å². The molecule has 0 saturated carbocycles. The van der Waals surface area contributed by atoms with E-state index in [9.17, 15) is 9.59 Å². The molecule has 0 radical (unpaired) electrons. The zero-order valence-electron chi connectivity index (χ0n) is 17.4. The molecule has 3 aromatic heterocycles. The van der Waals surface area contributed by atoms with E-state index in [1.807, 2.05) is 95.7 Å². The monoisotopic (exact) mass is 450 g/mol. The average molecular weight is 451 g/mol. The van der Waals surface area contributed by atoms with Crippen LogP contribution in [0, 0.1) is 0 Å². The van der Waals surface area contributed by atoms with Crippen molar-refractivity contribution in [2.75, 3.05) is 5.32 Å². The quantitative estimate of drug-likeness (QED) is 0.441. The van der Waals surface area contributed by atoms with Gasteiger partial charge in [-0.15, -0.1) is 0 Å². The molecule has 6 rings (SSSR count). The molecule has 0 unspecified atom stereocenters. The van der Waals surface area contributed by atoms with Crippen LogP contribution in [0.2, 0.25) is 0 Å². The molecule has 0 atom stereocenters. The third kappa shape index (κ3) is 3.39. The highest BCUT2D eigenvalue weighted by atomic mass is 32.1. The van der Waals surface area contributed by atoms with E-state index in [0.717, 1.165) is 33.2 Å². The van der Waals surface area contributed by atoms with Crippen LogP contribution in [-0.2, 0) is 11.3 Å². The molecular weight excluding hydrogens is 432 g/mol. The van der Waals surface area contributed by atoms with E-state index in [4.69, 9.17) is 0 Å². The van der Waals surface area contributed by atoms with Gasteiger partial charge < -0.3 is 9.88 Å². The van der Waals surface area contributed by atoms with Gasteiger partial charge in [0, 0.05) is 28.4 Å². The predicted molar refractivity (Wildman–Crippen MR) is 133 cm³/mol. The lowest BCUT2D eigenvalue weighted by atomic mass is 10.2. The second-order valence-corrected chi connectivity index (χ2v) is 8.79. The minimum Gasteiger partial charge on any atom is -0.337 e. The van der Waals surface area contributed by atoms with Crippen molar-refractivity contribution in [2.24, 2.45) is 0 Å². The molecule has 0 spiro atoms. The first-order valence-electron chi connectivity index (χ1n) is 10.5. The molecule has 1 amide bonds. The van der Waals surface area contributed by atoms with Crippen molar-refractivity contribution in [3.05, 3.63) is 106 Å². The second-order valence-electron chi connectivity index (χ2n) is 7.78. The minimum absolute atomic E-state index is 0.0812. The molecule has 3 heterocycles. The van der Waals surface area contributed by atoms with Crippen molar-refractivity contribution in [3.63, 3.8) is 0 Å². The van der Waals surface area contributed by atoms with Crippen LogP contribution in [0.1, 0.15) is 5.56 Å². The fourth-order valence-corrected chi connectivity index (χ4v) is 5.13. The average Bonchev–Trinajstić information content (AvgIpc) is 3.46. The van der Waals surface area contributed by atoms with E-state index in [2.05, 4.69) is 10.3 Å². The first kappa shape index (κ1) is 19.5. The number of imidazole rings is 1. The number of thiazole rings is 1. The molecule has 0 bridgehead atoms. The number of anilines is 1. The van der Waals surface area contributed by atoms with Crippen LogP contribution >= 0.6 is 11.3 Å². The van der Waals surface area contributed by atoms with E-state index in [1.54, 1.807) is 4.40 Å². The molecule has 7 heteroatoms. The standard InChI is InChI=1S/C26H18N4O2S/c31-24(27-18-8-2-1-3-9-18)16-29-15-17(19-10-4-6-12-21(19)29)14-23-25(32)30-22-13-7-5-11-20(22)28-26(30)33-23/h1-15H,16H2,(H,27,31)/b23-14+. The first-order valence-corrected chi connectivity index (χ1v) is 11.3. The third-order valence-corrected chi connectivity index (χ3v) is 6.59. The Balaban J connectivity index is 1.42. The number of nitrogens with one attached hydrogen (secondary N) is 1. The Hall–Kier alpha value is -4.23. The number of aromatic nitrogens is 3. The topological polar surface area (TPSA) is 68.4 Å². The molecule has 0 aliphatic carbocycles. The van der Waals surface area contributed by atoms with Crippen LogP contribution in [0.15, 0.2) is 89.9 Å². The van der Waals surface area contributed by atoms with Crippen LogP contribution < -0.4 is 15.4 Å². The molecule has 6 nitrogen and oxygen atoms in total. The van der Waals surface area contributed by atoms with Gasteiger partial charge in [-0.25, -0.2) is 9.38 Å². The van der Waals surface area contributed by atoms with Crippen LogP contribution in [0.5, 0.6) is 0 Å². The summed E-state index contributed by atoms with van der Waals surface area (Å²) >= 11 is 1.37. The number of rotatable bonds is 4. The highest BCUT2D eigenvalue weighted by Crippen LogP contribution is 2.23. The SMILES string of the molecule is O=C(Cn1cc(/C=c2/sc3nc4ccccc4n3c2=O)c2ccccc21)Nc1ccccc1. The molecule has 0 fully saturated rings.